The largest absolute Gasteiger partial charge is 0.508 e. The van der Waals surface area contributed by atoms with Crippen LogP contribution in [0.3, 0.4) is 0 Å². The second kappa shape index (κ2) is 12.3. The van der Waals surface area contributed by atoms with Crippen LogP contribution in [0.25, 0.3) is 0 Å². The van der Waals surface area contributed by atoms with Gasteiger partial charge in [0.2, 0.25) is 5.91 Å². The summed E-state index contributed by atoms with van der Waals surface area (Å²) in [6, 6.07) is 6.25. The summed E-state index contributed by atoms with van der Waals surface area (Å²) < 4.78 is 5.58. The number of hydrogen-bond acceptors (Lipinski definition) is 4. The molecule has 37 heavy (non-hydrogen) atoms. The van der Waals surface area contributed by atoms with Gasteiger partial charge in [-0.1, -0.05) is 45.1 Å². The number of likely N-dealkylation sites (N-methyl/N-ethyl adjacent to an activating group) is 1. The fraction of sp³-hybridized carbons (Fsp3) is 0.750. The van der Waals surface area contributed by atoms with Gasteiger partial charge in [-0.05, 0) is 99.3 Å². The van der Waals surface area contributed by atoms with E-state index >= 15 is 0 Å². The van der Waals surface area contributed by atoms with Crippen molar-refractivity contribution in [3.63, 3.8) is 0 Å². The lowest BCUT2D eigenvalue weighted by Gasteiger charge is -2.52. The summed E-state index contributed by atoms with van der Waals surface area (Å²) in [5, 5.41) is 10.1. The van der Waals surface area contributed by atoms with Crippen LogP contribution in [0.1, 0.15) is 108 Å². The van der Waals surface area contributed by atoms with Crippen LogP contribution in [-0.2, 0) is 20.7 Å². The van der Waals surface area contributed by atoms with Crippen molar-refractivity contribution in [1.29, 1.82) is 0 Å². The monoisotopic (exact) mass is 511 g/mol. The number of unbranched alkanes of at least 4 members (excludes halogenated alkanes) is 5. The first-order valence-corrected chi connectivity index (χ1v) is 14.9. The maximum Gasteiger partial charge on any atom is 0.248 e. The summed E-state index contributed by atoms with van der Waals surface area (Å²) >= 11 is 0. The van der Waals surface area contributed by atoms with Crippen LogP contribution in [0.15, 0.2) is 18.2 Å². The van der Waals surface area contributed by atoms with Crippen LogP contribution < -0.4 is 0 Å². The zero-order valence-electron chi connectivity index (χ0n) is 23.6. The minimum absolute atomic E-state index is 0.0526. The van der Waals surface area contributed by atoms with Gasteiger partial charge in [0, 0.05) is 31.5 Å². The molecule has 3 aliphatic rings. The first-order chi connectivity index (χ1) is 17.7. The molecule has 1 amide bonds. The Bertz CT molecular complexity index is 943. The van der Waals surface area contributed by atoms with Gasteiger partial charge < -0.3 is 14.7 Å². The number of ketones is 1. The Morgan fingerprint density at radius 2 is 1.84 bits per heavy atom. The van der Waals surface area contributed by atoms with E-state index in [1.165, 1.54) is 43.2 Å². The van der Waals surface area contributed by atoms with Gasteiger partial charge >= 0.3 is 0 Å². The van der Waals surface area contributed by atoms with Crippen LogP contribution >= 0.6 is 0 Å². The molecule has 1 N–H and O–H groups in total. The molecular formula is C32H49NO4. The number of phenolic OH excluding ortho intramolecular Hbond substituents is 1. The zero-order chi connectivity index (χ0) is 26.6. The molecule has 4 rings (SSSR count). The summed E-state index contributed by atoms with van der Waals surface area (Å²) in [6.45, 7) is 7.14. The van der Waals surface area contributed by atoms with Crippen molar-refractivity contribution in [2.45, 2.75) is 110 Å². The summed E-state index contributed by atoms with van der Waals surface area (Å²) in [5.41, 5.74) is 2.67. The van der Waals surface area contributed by atoms with Gasteiger partial charge in [0.05, 0.1) is 0 Å². The van der Waals surface area contributed by atoms with E-state index in [0.29, 0.717) is 41.8 Å². The van der Waals surface area contributed by atoms with Gasteiger partial charge in [-0.3, -0.25) is 9.59 Å². The van der Waals surface area contributed by atoms with Crippen LogP contribution in [-0.4, -0.2) is 48.0 Å². The van der Waals surface area contributed by atoms with Crippen LogP contribution in [0.5, 0.6) is 5.75 Å². The van der Waals surface area contributed by atoms with Crippen molar-refractivity contribution in [2.75, 3.05) is 20.3 Å². The summed E-state index contributed by atoms with van der Waals surface area (Å²) in [5.74, 6) is 3.19. The highest BCUT2D eigenvalue weighted by Crippen LogP contribution is 2.62. The number of carbonyl (C=O) groups is 2. The predicted molar refractivity (Wildman–Crippen MR) is 148 cm³/mol. The Labute approximate surface area is 224 Å². The molecule has 5 heteroatoms. The van der Waals surface area contributed by atoms with Crippen molar-refractivity contribution in [3.8, 4) is 5.75 Å². The fourth-order valence-electron chi connectivity index (χ4n) is 7.79. The molecule has 0 aliphatic heterocycles. The zero-order valence-corrected chi connectivity index (χ0v) is 23.6. The van der Waals surface area contributed by atoms with E-state index in [2.05, 4.69) is 13.0 Å². The average Bonchev–Trinajstić information content (AvgIpc) is 3.17. The van der Waals surface area contributed by atoms with E-state index in [9.17, 15) is 14.7 Å². The normalized spacial score (nSPS) is 28.6. The smallest absolute Gasteiger partial charge is 0.248 e. The van der Waals surface area contributed by atoms with E-state index in [0.717, 1.165) is 44.9 Å². The molecule has 0 heterocycles. The molecule has 0 saturated heterocycles. The number of amides is 1. The standard InChI is InChI=1S/C32H49NO4/c1-22(2)33(4)30(36)21-37-18-10-8-6-5-7-9-11-24-20-32(3)28(16-17-29(32)35)27-14-12-23-19-25(34)13-15-26(23)31(24)27/h13,15,19,22,24,27-28,31,34H,5-12,14,16-18,20-21H2,1-4H3/t24-,27-,28-,31+,32-/m0/s1. The van der Waals surface area contributed by atoms with Gasteiger partial charge in [0.15, 0.2) is 0 Å². The quantitative estimate of drug-likeness (QED) is 0.319. The Kier molecular flexibility index (Phi) is 9.37. The van der Waals surface area contributed by atoms with Crippen molar-refractivity contribution < 1.29 is 19.4 Å². The van der Waals surface area contributed by atoms with E-state index in [-0.39, 0.29) is 24.0 Å². The van der Waals surface area contributed by atoms with E-state index in [1.54, 1.807) is 4.90 Å². The molecular weight excluding hydrogens is 462 g/mol. The number of aryl methyl sites for hydroxylation is 1. The number of Topliss-reactive ketones (excluding diaryl/α,β-unsaturated/α-hetero) is 1. The lowest BCUT2D eigenvalue weighted by Crippen LogP contribution is -2.46. The molecule has 0 spiro atoms. The maximum absolute atomic E-state index is 13.0. The second-order valence-electron chi connectivity index (χ2n) is 12.6. The summed E-state index contributed by atoms with van der Waals surface area (Å²) in [4.78, 5) is 26.7. The summed E-state index contributed by atoms with van der Waals surface area (Å²) in [7, 11) is 1.83. The molecule has 0 unspecified atom stereocenters. The topological polar surface area (TPSA) is 66.8 Å². The van der Waals surface area contributed by atoms with Crippen molar-refractivity contribution in [2.24, 2.45) is 23.2 Å². The minimum atomic E-state index is -0.119. The predicted octanol–water partition coefficient (Wildman–Crippen LogP) is 6.66. The Morgan fingerprint density at radius 3 is 2.59 bits per heavy atom. The third-order valence-electron chi connectivity index (χ3n) is 10.0. The number of ether oxygens (including phenoxy) is 1. The van der Waals surface area contributed by atoms with E-state index in [1.807, 2.05) is 33.0 Å². The molecule has 3 aliphatic carbocycles. The third kappa shape index (κ3) is 6.24. The number of rotatable bonds is 12. The van der Waals surface area contributed by atoms with Crippen molar-refractivity contribution in [1.82, 2.24) is 4.90 Å². The summed E-state index contributed by atoms with van der Waals surface area (Å²) in [6.07, 6.45) is 13.3. The molecule has 1 aromatic carbocycles. The second-order valence-corrected chi connectivity index (χ2v) is 12.6. The molecule has 206 valence electrons. The van der Waals surface area contributed by atoms with Crippen molar-refractivity contribution in [3.05, 3.63) is 29.3 Å². The lowest BCUT2D eigenvalue weighted by atomic mass is 9.51. The van der Waals surface area contributed by atoms with Crippen molar-refractivity contribution >= 4 is 11.7 Å². The van der Waals surface area contributed by atoms with E-state index < -0.39 is 0 Å². The van der Waals surface area contributed by atoms with Crippen LogP contribution in [0, 0.1) is 23.2 Å². The Balaban J connectivity index is 1.22. The number of hydrogen-bond donors (Lipinski definition) is 1. The van der Waals surface area contributed by atoms with Gasteiger partial charge in [-0.2, -0.15) is 0 Å². The van der Waals surface area contributed by atoms with Crippen LogP contribution in [0.2, 0.25) is 0 Å². The Hall–Kier alpha value is -1.88. The molecule has 5 atom stereocenters. The first kappa shape index (κ1) is 28.1. The lowest BCUT2D eigenvalue weighted by molar-refractivity contribution is -0.136. The fourth-order valence-corrected chi connectivity index (χ4v) is 7.79. The number of fused-ring (bicyclic) bond motifs is 5. The highest BCUT2D eigenvalue weighted by Gasteiger charge is 2.57. The van der Waals surface area contributed by atoms with Gasteiger partial charge in [0.1, 0.15) is 18.1 Å². The highest BCUT2D eigenvalue weighted by molar-refractivity contribution is 5.87. The minimum Gasteiger partial charge on any atom is -0.508 e. The maximum atomic E-state index is 13.0. The van der Waals surface area contributed by atoms with Crippen LogP contribution in [0.4, 0.5) is 0 Å². The molecule has 2 saturated carbocycles. The average molecular weight is 512 g/mol. The van der Waals surface area contributed by atoms with E-state index in [4.69, 9.17) is 4.74 Å². The third-order valence-corrected chi connectivity index (χ3v) is 10.0. The van der Waals surface area contributed by atoms with Gasteiger partial charge in [-0.25, -0.2) is 0 Å². The molecule has 5 nitrogen and oxygen atoms in total. The number of carbonyl (C=O) groups excluding carboxylic acids is 2. The Morgan fingerprint density at radius 1 is 1.11 bits per heavy atom. The molecule has 0 bridgehead atoms. The number of nitrogens with zero attached hydrogens (tertiary/aromatic N) is 1. The number of benzene rings is 1. The molecule has 2 fully saturated rings. The van der Waals surface area contributed by atoms with Gasteiger partial charge in [-0.15, -0.1) is 0 Å². The number of aromatic hydroxyl groups is 1. The molecule has 0 radical (unpaired) electrons. The SMILES string of the molecule is CC(C)N(C)C(=O)COCCCCCCCC[C@H]1C[C@]2(C)C(=O)CC[C@H]2[C@@H]2CCc3cc(O)ccc3[C@@H]12. The van der Waals surface area contributed by atoms with Gasteiger partial charge in [0.25, 0.3) is 0 Å². The highest BCUT2D eigenvalue weighted by atomic mass is 16.5. The molecule has 1 aromatic rings. The number of phenols is 1. The molecule has 0 aromatic heterocycles. The first-order valence-electron chi connectivity index (χ1n) is 14.9.